The normalized spacial score (nSPS) is 28.1. The molecule has 1 fully saturated rings. The summed E-state index contributed by atoms with van der Waals surface area (Å²) in [6.45, 7) is 0.248. The van der Waals surface area contributed by atoms with Crippen LogP contribution >= 0.6 is 0 Å². The molecule has 14 heteroatoms. The van der Waals surface area contributed by atoms with Crippen LogP contribution in [-0.4, -0.2) is 99.2 Å². The second-order valence-electron chi connectivity index (χ2n) is 10.9. The van der Waals surface area contributed by atoms with Gasteiger partial charge < -0.3 is 50.8 Å². The fourth-order valence-corrected chi connectivity index (χ4v) is 6.15. The molecule has 0 saturated carbocycles. The molecule has 0 radical (unpaired) electrons. The van der Waals surface area contributed by atoms with Crippen molar-refractivity contribution in [3.05, 3.63) is 51.6 Å². The summed E-state index contributed by atoms with van der Waals surface area (Å²) in [4.78, 5) is 51.3. The lowest BCUT2D eigenvalue weighted by Crippen LogP contribution is -2.55. The summed E-state index contributed by atoms with van der Waals surface area (Å²) in [5.74, 6) is -4.62. The highest BCUT2D eigenvalue weighted by Gasteiger charge is 2.50. The Balaban J connectivity index is 1.62. The number of aliphatic hydroxyl groups excluding tert-OH is 2. The molecule has 0 spiro atoms. The van der Waals surface area contributed by atoms with Gasteiger partial charge in [-0.2, -0.15) is 0 Å². The van der Waals surface area contributed by atoms with Crippen LogP contribution in [0.25, 0.3) is 0 Å². The molecule has 1 saturated heterocycles. The van der Waals surface area contributed by atoms with Crippen molar-refractivity contribution < 1.29 is 58.9 Å². The minimum Gasteiger partial charge on any atom is -0.507 e. The lowest BCUT2D eigenvalue weighted by molar-refractivity contribution is -0.249. The molecule has 4 unspecified atom stereocenters. The van der Waals surface area contributed by atoms with E-state index in [1.165, 1.54) is 25.3 Å². The van der Waals surface area contributed by atoms with Crippen LogP contribution in [0.1, 0.15) is 68.8 Å². The number of aromatic hydroxyl groups is 2. The summed E-state index contributed by atoms with van der Waals surface area (Å²) in [6, 6.07) is 3.60. The molecule has 0 aromatic heterocycles. The standard InChI is InChI=1S/C29H32N2O12/c1-11-24(35)14(31-9-18(30)34)6-19(42-11)43-16-8-29(40,17(33)10-32)7-13-21(16)28(39)23-22(26(13)37)25(36)12-4-3-5-15(41-2)20(12)27(23)38/h3-5,11,14,16,19,24,31-32,35,37,39-40H,6-10H2,1-2H3,(H2,30,34)/t11?,14?,16-,19?,24?,29-/m0/s1. The number of primary amides is 1. The molecule has 2 aromatic carbocycles. The molecule has 1 aliphatic heterocycles. The SMILES string of the molecule is COc1cccc2c1C(=O)c1c(O)c3c(c(O)c1C2=O)C[C@@](O)(C(=O)CO)C[C@@H]3OC1CC(NCC(N)=O)C(O)C(C)O1. The van der Waals surface area contributed by atoms with Crippen LogP contribution in [0.3, 0.4) is 0 Å². The minimum atomic E-state index is -2.29. The molecule has 3 aliphatic rings. The molecule has 1 heterocycles. The van der Waals surface area contributed by atoms with E-state index in [1.54, 1.807) is 6.92 Å². The number of nitrogens with one attached hydrogen (secondary N) is 1. The second-order valence-corrected chi connectivity index (χ2v) is 10.9. The third-order valence-electron chi connectivity index (χ3n) is 8.30. The van der Waals surface area contributed by atoms with E-state index in [4.69, 9.17) is 19.9 Å². The van der Waals surface area contributed by atoms with Gasteiger partial charge >= 0.3 is 0 Å². The number of aliphatic hydroxyl groups is 3. The molecule has 0 bridgehead atoms. The van der Waals surface area contributed by atoms with Gasteiger partial charge in [-0.1, -0.05) is 12.1 Å². The highest BCUT2D eigenvalue weighted by molar-refractivity contribution is 6.31. The molecule has 6 atom stereocenters. The third kappa shape index (κ3) is 5.05. The van der Waals surface area contributed by atoms with E-state index in [1.807, 2.05) is 0 Å². The van der Waals surface area contributed by atoms with Gasteiger partial charge in [-0.3, -0.25) is 19.2 Å². The van der Waals surface area contributed by atoms with Crippen LogP contribution in [0, 0.1) is 0 Å². The van der Waals surface area contributed by atoms with Gasteiger partial charge in [0.2, 0.25) is 11.7 Å². The number of ether oxygens (including phenoxy) is 3. The molecule has 230 valence electrons. The predicted octanol–water partition coefficient (Wildman–Crippen LogP) is -0.882. The summed E-state index contributed by atoms with van der Waals surface area (Å²) < 4.78 is 17.2. The van der Waals surface area contributed by atoms with Gasteiger partial charge in [-0.15, -0.1) is 0 Å². The fourth-order valence-electron chi connectivity index (χ4n) is 6.15. The topological polar surface area (TPSA) is 235 Å². The van der Waals surface area contributed by atoms with Crippen molar-refractivity contribution in [1.29, 1.82) is 0 Å². The van der Waals surface area contributed by atoms with Gasteiger partial charge in [-0.05, 0) is 13.0 Å². The van der Waals surface area contributed by atoms with Crippen LogP contribution < -0.4 is 15.8 Å². The largest absolute Gasteiger partial charge is 0.507 e. The first-order chi connectivity index (χ1) is 20.3. The van der Waals surface area contributed by atoms with Gasteiger partial charge in [0.1, 0.15) is 29.5 Å². The number of hydrogen-bond acceptors (Lipinski definition) is 13. The second kappa shape index (κ2) is 11.3. The van der Waals surface area contributed by atoms with Gasteiger partial charge in [0.05, 0.1) is 48.7 Å². The Morgan fingerprint density at radius 3 is 2.49 bits per heavy atom. The van der Waals surface area contributed by atoms with E-state index in [-0.39, 0.29) is 41.0 Å². The fraction of sp³-hybridized carbons (Fsp3) is 0.448. The van der Waals surface area contributed by atoms with Crippen molar-refractivity contribution >= 4 is 23.3 Å². The number of hydrogen-bond donors (Lipinski definition) is 7. The van der Waals surface area contributed by atoms with E-state index in [2.05, 4.69) is 5.32 Å². The van der Waals surface area contributed by atoms with E-state index in [9.17, 15) is 44.7 Å². The molecular weight excluding hydrogens is 568 g/mol. The van der Waals surface area contributed by atoms with Gasteiger partial charge in [0.15, 0.2) is 17.9 Å². The Morgan fingerprint density at radius 1 is 1.14 bits per heavy atom. The lowest BCUT2D eigenvalue weighted by Gasteiger charge is -2.43. The molecular formula is C29H32N2O12. The number of phenols is 2. The average molecular weight is 601 g/mol. The van der Waals surface area contributed by atoms with Crippen LogP contribution in [0.15, 0.2) is 18.2 Å². The Labute approximate surface area is 245 Å². The predicted molar refractivity (Wildman–Crippen MR) is 145 cm³/mol. The highest BCUT2D eigenvalue weighted by Crippen LogP contribution is 2.52. The van der Waals surface area contributed by atoms with Crippen molar-refractivity contribution in [2.24, 2.45) is 5.73 Å². The summed E-state index contributed by atoms with van der Waals surface area (Å²) in [6.07, 6.45) is -5.62. The number of methoxy groups -OCH3 is 1. The zero-order valence-electron chi connectivity index (χ0n) is 23.3. The van der Waals surface area contributed by atoms with Crippen molar-refractivity contribution in [2.45, 2.75) is 62.4 Å². The first-order valence-corrected chi connectivity index (χ1v) is 13.6. The van der Waals surface area contributed by atoms with Gasteiger partial charge in [-0.25, -0.2) is 0 Å². The number of amides is 1. The van der Waals surface area contributed by atoms with Crippen molar-refractivity contribution in [3.8, 4) is 17.2 Å². The van der Waals surface area contributed by atoms with Gasteiger partial charge in [0.25, 0.3) is 0 Å². The zero-order chi connectivity index (χ0) is 31.4. The lowest BCUT2D eigenvalue weighted by atomic mass is 9.72. The van der Waals surface area contributed by atoms with Crippen LogP contribution in [0.4, 0.5) is 0 Å². The average Bonchev–Trinajstić information content (AvgIpc) is 2.97. The van der Waals surface area contributed by atoms with E-state index in [0.29, 0.717) is 0 Å². The molecule has 1 amide bonds. The minimum absolute atomic E-state index is 0.0450. The number of fused-ring (bicyclic) bond motifs is 3. The van der Waals surface area contributed by atoms with Crippen molar-refractivity contribution in [1.82, 2.24) is 5.32 Å². The zero-order valence-corrected chi connectivity index (χ0v) is 23.3. The maximum absolute atomic E-state index is 13.7. The maximum Gasteiger partial charge on any atom is 0.231 e. The Bertz CT molecular complexity index is 1520. The smallest absolute Gasteiger partial charge is 0.231 e. The Morgan fingerprint density at radius 2 is 1.84 bits per heavy atom. The number of rotatable bonds is 8. The number of ketones is 3. The molecule has 8 N–H and O–H groups in total. The summed E-state index contributed by atoms with van der Waals surface area (Å²) >= 11 is 0. The number of nitrogens with two attached hydrogens (primary N) is 1. The quantitative estimate of drug-likeness (QED) is 0.156. The molecule has 43 heavy (non-hydrogen) atoms. The number of phenolic OH excluding ortho intramolecular Hbond substituents is 2. The first-order valence-electron chi connectivity index (χ1n) is 13.6. The molecule has 2 aliphatic carbocycles. The third-order valence-corrected chi connectivity index (χ3v) is 8.30. The number of carbonyl (C=O) groups excluding carboxylic acids is 4. The molecule has 14 nitrogen and oxygen atoms in total. The summed E-state index contributed by atoms with van der Waals surface area (Å²) in [5, 5.41) is 57.3. The van der Waals surface area contributed by atoms with Crippen LogP contribution in [-0.2, 0) is 25.5 Å². The molecule has 5 rings (SSSR count). The van der Waals surface area contributed by atoms with E-state index in [0.717, 1.165) is 0 Å². The van der Waals surface area contributed by atoms with Crippen LogP contribution in [0.5, 0.6) is 17.2 Å². The first kappa shape index (κ1) is 30.5. The Hall–Kier alpha value is -3.92. The Kier molecular flexibility index (Phi) is 8.02. The number of benzene rings is 2. The van der Waals surface area contributed by atoms with Gasteiger partial charge in [0, 0.05) is 42.0 Å². The van der Waals surface area contributed by atoms with Crippen LogP contribution in [0.2, 0.25) is 0 Å². The number of carbonyl (C=O) groups is 4. The monoisotopic (exact) mass is 600 g/mol. The van der Waals surface area contributed by atoms with E-state index < -0.39 is 102 Å². The van der Waals surface area contributed by atoms with E-state index >= 15 is 0 Å². The maximum atomic E-state index is 13.7. The summed E-state index contributed by atoms with van der Waals surface area (Å²) in [7, 11) is 1.31. The number of Topliss-reactive ketones (excluding diaryl/α,β-unsaturated/α-hetero) is 1. The molecule has 2 aromatic rings. The van der Waals surface area contributed by atoms with Crippen molar-refractivity contribution in [2.75, 3.05) is 20.3 Å². The van der Waals surface area contributed by atoms with Crippen molar-refractivity contribution in [3.63, 3.8) is 0 Å². The highest BCUT2D eigenvalue weighted by atomic mass is 16.7. The summed E-state index contributed by atoms with van der Waals surface area (Å²) in [5.41, 5.74) is 1.34.